The predicted molar refractivity (Wildman–Crippen MR) is 85.1 cm³/mol. The summed E-state index contributed by atoms with van der Waals surface area (Å²) in [6.45, 7) is 1.57. The molecule has 0 aliphatic carbocycles. The first kappa shape index (κ1) is 30.6. The highest BCUT2D eigenvalue weighted by Crippen LogP contribution is 2.62. The largest absolute Gasteiger partial charge is 0.393 e. The van der Waals surface area contributed by atoms with Crippen LogP contribution in [0.4, 0.5) is 75.9 Å². The molecule has 1 aromatic carbocycles. The summed E-state index contributed by atoms with van der Waals surface area (Å²) < 4.78 is 212. The van der Waals surface area contributed by atoms with E-state index in [0.29, 0.717) is 12.0 Å². The van der Waals surface area contributed by atoms with Crippen LogP contribution in [0.25, 0.3) is 0 Å². The van der Waals surface area contributed by atoms with Crippen molar-refractivity contribution in [2.24, 2.45) is 0 Å². The Bertz CT molecular complexity index is 909. The van der Waals surface area contributed by atoms with Crippen LogP contribution in [0.5, 0.6) is 0 Å². The maximum Gasteiger partial charge on any atom is 0.393 e. The lowest BCUT2D eigenvalue weighted by molar-refractivity contribution is -0.443. The van der Waals surface area contributed by atoms with Gasteiger partial charge in [0, 0.05) is 5.69 Å². The van der Waals surface area contributed by atoms with E-state index < -0.39 is 59.5 Å². The van der Waals surface area contributed by atoms with Crippen molar-refractivity contribution in [1.29, 1.82) is 0 Å². The summed E-state index contributed by atoms with van der Waals surface area (Å²) >= 11 is 0. The van der Waals surface area contributed by atoms with Crippen molar-refractivity contribution in [3.05, 3.63) is 29.8 Å². The highest BCUT2D eigenvalue weighted by atomic mass is 19.4. The van der Waals surface area contributed by atoms with E-state index in [1.807, 2.05) is 0 Å². The van der Waals surface area contributed by atoms with Crippen LogP contribution in [0.1, 0.15) is 12.5 Å². The molecule has 1 rings (SSSR count). The number of rotatable bonds is 10. The number of carbonyl (C=O) groups excluding carboxylic acids is 1. The third-order valence-corrected chi connectivity index (χ3v) is 4.57. The fraction of sp³-hybridized carbons (Fsp3) is 0.588. The first-order valence-electron chi connectivity index (χ1n) is 8.71. The van der Waals surface area contributed by atoms with E-state index in [1.165, 1.54) is 0 Å². The molecule has 35 heavy (non-hydrogen) atoms. The average Bonchev–Trinajstić information content (AvgIpc) is 2.73. The number of carbonyl (C=O) groups is 1. The number of halogens is 16. The third-order valence-electron chi connectivity index (χ3n) is 4.57. The minimum absolute atomic E-state index is 0.313. The lowest BCUT2D eigenvalue weighted by Crippen LogP contribution is -2.74. The lowest BCUT2D eigenvalue weighted by atomic mass is 9.89. The Morgan fingerprint density at radius 3 is 1.43 bits per heavy atom. The van der Waals surface area contributed by atoms with Crippen molar-refractivity contribution >= 4 is 11.6 Å². The van der Waals surface area contributed by atoms with Gasteiger partial charge in [-0.05, 0) is 24.1 Å². The minimum atomic E-state index is -8.54. The number of hydrogen-bond acceptors (Lipinski definition) is 1. The Morgan fingerprint density at radius 2 is 1.06 bits per heavy atom. The van der Waals surface area contributed by atoms with Gasteiger partial charge in [-0.1, -0.05) is 19.1 Å². The molecule has 202 valence electrons. The Labute approximate surface area is 184 Å². The number of hydrogen-bond donors (Lipinski definition) is 1. The number of benzene rings is 1. The van der Waals surface area contributed by atoms with Crippen LogP contribution >= 0.6 is 0 Å². The zero-order valence-electron chi connectivity index (χ0n) is 16.5. The maximum absolute atomic E-state index is 13.8. The van der Waals surface area contributed by atoms with Gasteiger partial charge in [0.1, 0.15) is 0 Å². The molecule has 1 aromatic rings. The number of anilines is 1. The van der Waals surface area contributed by atoms with Gasteiger partial charge in [-0.15, -0.1) is 0 Å². The number of amides is 1. The SMILES string of the molecule is CCc1ccc(NC(=O)C(F)(F)C(F)(F)C(F)(F)C(F)(F)C(F)(F)C(F)(F)C(F)(F)C(F)F)cc1. The predicted octanol–water partition coefficient (Wildman–Crippen LogP) is 6.90. The highest BCUT2D eigenvalue weighted by molar-refractivity contribution is 5.97. The van der Waals surface area contributed by atoms with Crippen molar-refractivity contribution in [2.75, 3.05) is 5.32 Å². The molecule has 0 unspecified atom stereocenters. The highest BCUT2D eigenvalue weighted by Gasteiger charge is 2.94. The fourth-order valence-electron chi connectivity index (χ4n) is 2.31. The lowest BCUT2D eigenvalue weighted by Gasteiger charge is -2.42. The second kappa shape index (κ2) is 8.90. The van der Waals surface area contributed by atoms with Crippen LogP contribution in [-0.4, -0.2) is 53.8 Å². The Morgan fingerprint density at radius 1 is 0.686 bits per heavy atom. The van der Waals surface area contributed by atoms with E-state index in [-0.39, 0.29) is 0 Å². The van der Waals surface area contributed by atoms with Crippen molar-refractivity contribution in [3.8, 4) is 0 Å². The zero-order chi connectivity index (χ0) is 28.1. The smallest absolute Gasteiger partial charge is 0.321 e. The first-order chi connectivity index (χ1) is 15.4. The van der Waals surface area contributed by atoms with E-state index in [9.17, 15) is 75.0 Å². The number of alkyl halides is 16. The molecule has 0 aromatic heterocycles. The average molecular weight is 549 g/mol. The Balaban J connectivity index is 3.49. The summed E-state index contributed by atoms with van der Waals surface area (Å²) in [5, 5.41) is 0.869. The number of nitrogens with one attached hydrogen (secondary N) is 1. The van der Waals surface area contributed by atoms with E-state index in [2.05, 4.69) is 0 Å². The molecule has 0 atom stereocenters. The summed E-state index contributed by atoms with van der Waals surface area (Å²) in [6, 6.07) is 3.64. The van der Waals surface area contributed by atoms with Crippen molar-refractivity contribution in [3.63, 3.8) is 0 Å². The summed E-state index contributed by atoms with van der Waals surface area (Å²) in [7, 11) is 0. The molecule has 0 bridgehead atoms. The molecule has 0 saturated carbocycles. The molecule has 1 amide bonds. The van der Waals surface area contributed by atoms with Crippen LogP contribution in [0.2, 0.25) is 0 Å². The summed E-state index contributed by atoms with van der Waals surface area (Å²) in [6.07, 6.45) is -5.60. The maximum atomic E-state index is 13.8. The molecular weight excluding hydrogens is 538 g/mol. The van der Waals surface area contributed by atoms with Crippen LogP contribution in [0.3, 0.4) is 0 Å². The summed E-state index contributed by atoms with van der Waals surface area (Å²) in [4.78, 5) is 11.4. The molecule has 1 N–H and O–H groups in total. The van der Waals surface area contributed by atoms with Gasteiger partial charge < -0.3 is 5.32 Å². The van der Waals surface area contributed by atoms with Gasteiger partial charge in [0.15, 0.2) is 0 Å². The van der Waals surface area contributed by atoms with Gasteiger partial charge >= 0.3 is 53.8 Å². The Kier molecular flexibility index (Phi) is 7.78. The second-order valence-corrected chi connectivity index (χ2v) is 6.87. The van der Waals surface area contributed by atoms with Crippen LogP contribution in [0, 0.1) is 0 Å². The van der Waals surface area contributed by atoms with Gasteiger partial charge in [0.05, 0.1) is 0 Å². The van der Waals surface area contributed by atoms with Crippen molar-refractivity contribution in [2.45, 2.75) is 61.2 Å². The van der Waals surface area contributed by atoms with Crippen LogP contribution in [-0.2, 0) is 11.2 Å². The summed E-state index contributed by atoms with van der Waals surface area (Å²) in [5.74, 6) is -59.6. The molecule has 0 fully saturated rings. The van der Waals surface area contributed by atoms with Gasteiger partial charge in [-0.2, -0.15) is 61.5 Å². The molecule has 0 heterocycles. The molecule has 0 radical (unpaired) electrons. The molecule has 0 saturated heterocycles. The molecule has 18 heteroatoms. The fourth-order valence-corrected chi connectivity index (χ4v) is 2.31. The standard InChI is InChI=1S/C17H11F16NO/c1-2-7-3-5-8(6-4-7)34-10(35)12(22,23)14(26,27)16(30,31)17(32,33)15(28,29)13(24,25)11(20,21)9(18)19/h3-6,9H,2H2,1H3,(H,34,35). The normalized spacial score (nSPS) is 14.9. The zero-order valence-corrected chi connectivity index (χ0v) is 16.5. The molecular formula is C17H11F16NO. The van der Waals surface area contributed by atoms with Crippen LogP contribution in [0.15, 0.2) is 24.3 Å². The van der Waals surface area contributed by atoms with Gasteiger partial charge in [0.2, 0.25) is 0 Å². The number of aryl methyl sites for hydroxylation is 1. The van der Waals surface area contributed by atoms with Crippen LogP contribution < -0.4 is 5.32 Å². The third kappa shape index (κ3) is 4.36. The summed E-state index contributed by atoms with van der Waals surface area (Å²) in [5.41, 5.74) is -0.374. The van der Waals surface area contributed by atoms with E-state index >= 15 is 0 Å². The topological polar surface area (TPSA) is 29.1 Å². The van der Waals surface area contributed by atoms with Gasteiger partial charge in [-0.3, -0.25) is 4.79 Å². The first-order valence-corrected chi connectivity index (χ1v) is 8.71. The van der Waals surface area contributed by atoms with Gasteiger partial charge in [-0.25, -0.2) is 8.78 Å². The van der Waals surface area contributed by atoms with E-state index in [1.54, 1.807) is 6.92 Å². The van der Waals surface area contributed by atoms with Crippen molar-refractivity contribution < 1.29 is 75.0 Å². The monoisotopic (exact) mass is 549 g/mol. The second-order valence-electron chi connectivity index (χ2n) is 6.87. The Hall–Kier alpha value is -2.43. The van der Waals surface area contributed by atoms with E-state index in [4.69, 9.17) is 0 Å². The molecule has 0 aliphatic rings. The van der Waals surface area contributed by atoms with Gasteiger partial charge in [0.25, 0.3) is 0 Å². The molecule has 0 spiro atoms. The molecule has 0 aliphatic heterocycles. The minimum Gasteiger partial charge on any atom is -0.321 e. The van der Waals surface area contributed by atoms with E-state index in [0.717, 1.165) is 29.6 Å². The van der Waals surface area contributed by atoms with Crippen molar-refractivity contribution in [1.82, 2.24) is 0 Å². The molecule has 2 nitrogen and oxygen atoms in total. The quantitative estimate of drug-likeness (QED) is 0.316.